The largest absolute Gasteiger partial charge is 0.350 e. The molecule has 6 nitrogen and oxygen atoms in total. The van der Waals surface area contributed by atoms with Crippen LogP contribution in [0.2, 0.25) is 0 Å². The third-order valence-corrected chi connectivity index (χ3v) is 4.75. The summed E-state index contributed by atoms with van der Waals surface area (Å²) in [6, 6.07) is 5.43. The molecule has 1 heterocycles. The van der Waals surface area contributed by atoms with Crippen molar-refractivity contribution in [2.24, 2.45) is 0 Å². The molecule has 1 aromatic carbocycles. The minimum absolute atomic E-state index is 0.0392. The number of hydrogen-bond acceptors (Lipinski definition) is 3. The van der Waals surface area contributed by atoms with Crippen LogP contribution in [0.15, 0.2) is 24.3 Å². The van der Waals surface area contributed by atoms with E-state index >= 15 is 0 Å². The topological polar surface area (TPSA) is 73.5 Å². The summed E-state index contributed by atoms with van der Waals surface area (Å²) in [6.07, 6.45) is 2.47. The molecule has 0 aliphatic carbocycles. The average Bonchev–Trinajstić information content (AvgIpc) is 2.58. The molecule has 7 heteroatoms. The van der Waals surface area contributed by atoms with Crippen LogP contribution in [0.25, 0.3) is 0 Å². The van der Waals surface area contributed by atoms with Crippen LogP contribution in [0.3, 0.4) is 0 Å². The molecule has 0 spiro atoms. The maximum absolute atomic E-state index is 12.9. The molecule has 0 unspecified atom stereocenters. The third-order valence-electron chi connectivity index (χ3n) is 4.75. The van der Waals surface area contributed by atoms with E-state index in [-0.39, 0.29) is 29.3 Å². The van der Waals surface area contributed by atoms with Crippen molar-refractivity contribution < 1.29 is 14.0 Å². The fourth-order valence-electron chi connectivity index (χ4n) is 2.83. The molecule has 0 atom stereocenters. The van der Waals surface area contributed by atoms with E-state index in [1.807, 2.05) is 13.8 Å². The first kappa shape index (κ1) is 20.2. The number of halogens is 1. The zero-order valence-corrected chi connectivity index (χ0v) is 15.8. The molecular weight excluding hydrogens is 335 g/mol. The number of nitrogens with one attached hydrogen (secondary N) is 3. The molecule has 26 heavy (non-hydrogen) atoms. The highest BCUT2D eigenvalue weighted by molar-refractivity contribution is 5.89. The molecule has 0 aromatic heterocycles. The predicted octanol–water partition coefficient (Wildman–Crippen LogP) is 2.72. The van der Waals surface area contributed by atoms with Crippen LogP contribution in [0, 0.1) is 5.82 Å². The van der Waals surface area contributed by atoms with Crippen LogP contribution in [-0.4, -0.2) is 48.1 Å². The van der Waals surface area contributed by atoms with Gasteiger partial charge in [-0.15, -0.1) is 0 Å². The predicted molar refractivity (Wildman–Crippen MR) is 101 cm³/mol. The number of likely N-dealkylation sites (tertiary alicyclic amines) is 1. The van der Waals surface area contributed by atoms with Crippen molar-refractivity contribution >= 4 is 17.6 Å². The Hall–Kier alpha value is -2.15. The molecule has 0 bridgehead atoms. The van der Waals surface area contributed by atoms with Crippen LogP contribution < -0.4 is 16.0 Å². The van der Waals surface area contributed by atoms with Gasteiger partial charge < -0.3 is 16.0 Å². The number of rotatable bonds is 6. The highest BCUT2D eigenvalue weighted by atomic mass is 19.1. The van der Waals surface area contributed by atoms with Crippen molar-refractivity contribution in [2.45, 2.75) is 51.6 Å². The average molecular weight is 364 g/mol. The molecule has 3 amide bonds. The van der Waals surface area contributed by atoms with Gasteiger partial charge in [0.2, 0.25) is 5.91 Å². The normalized spacial score (nSPS) is 16.2. The standard InChI is InChI=1S/C19H29FN4O2/c1-4-19(2,3)23-17(25)13-24-11-9-16(10-12-24)22-18(26)21-15-7-5-14(20)6-8-15/h5-8,16H,4,9-13H2,1-3H3,(H,23,25)(H2,21,22,26). The van der Waals surface area contributed by atoms with E-state index in [1.165, 1.54) is 24.3 Å². The van der Waals surface area contributed by atoms with Crippen LogP contribution in [0.5, 0.6) is 0 Å². The first-order chi connectivity index (χ1) is 12.3. The monoisotopic (exact) mass is 364 g/mol. The fourth-order valence-corrected chi connectivity index (χ4v) is 2.83. The molecule has 2 rings (SSSR count). The number of piperidine rings is 1. The van der Waals surface area contributed by atoms with Gasteiger partial charge in [-0.2, -0.15) is 0 Å². The second kappa shape index (κ2) is 8.98. The van der Waals surface area contributed by atoms with E-state index < -0.39 is 0 Å². The van der Waals surface area contributed by atoms with Crippen molar-refractivity contribution in [3.63, 3.8) is 0 Å². The molecule has 1 aliphatic rings. The first-order valence-electron chi connectivity index (χ1n) is 9.14. The van der Waals surface area contributed by atoms with Crippen LogP contribution >= 0.6 is 0 Å². The summed E-state index contributed by atoms with van der Waals surface area (Å²) in [6.45, 7) is 8.00. The SMILES string of the molecule is CCC(C)(C)NC(=O)CN1CCC(NC(=O)Nc2ccc(F)cc2)CC1. The first-order valence-corrected chi connectivity index (χ1v) is 9.14. The van der Waals surface area contributed by atoms with Gasteiger partial charge in [0.1, 0.15) is 5.82 Å². The molecule has 1 aliphatic heterocycles. The molecule has 0 radical (unpaired) electrons. The lowest BCUT2D eigenvalue weighted by molar-refractivity contribution is -0.124. The molecule has 1 fully saturated rings. The van der Waals surface area contributed by atoms with Gasteiger partial charge in [-0.3, -0.25) is 9.69 Å². The van der Waals surface area contributed by atoms with E-state index in [1.54, 1.807) is 0 Å². The van der Waals surface area contributed by atoms with Gasteiger partial charge in [-0.25, -0.2) is 9.18 Å². The number of benzene rings is 1. The lowest BCUT2D eigenvalue weighted by atomic mass is 10.0. The molecule has 1 aromatic rings. The number of anilines is 1. The Bertz CT molecular complexity index is 610. The second-order valence-electron chi connectivity index (χ2n) is 7.44. The summed E-state index contributed by atoms with van der Waals surface area (Å²) in [5, 5.41) is 8.67. The Labute approximate surface area is 154 Å². The minimum atomic E-state index is -0.338. The van der Waals surface area contributed by atoms with Crippen LogP contribution in [0.4, 0.5) is 14.9 Å². The minimum Gasteiger partial charge on any atom is -0.350 e. The highest BCUT2D eigenvalue weighted by Gasteiger charge is 2.24. The van der Waals surface area contributed by atoms with Gasteiger partial charge in [0.25, 0.3) is 0 Å². The lowest BCUT2D eigenvalue weighted by Gasteiger charge is -2.33. The van der Waals surface area contributed by atoms with Crippen molar-refractivity contribution in [1.82, 2.24) is 15.5 Å². The number of carbonyl (C=O) groups is 2. The smallest absolute Gasteiger partial charge is 0.319 e. The summed E-state index contributed by atoms with van der Waals surface area (Å²) in [4.78, 5) is 26.2. The van der Waals surface area contributed by atoms with E-state index in [0.717, 1.165) is 32.4 Å². The van der Waals surface area contributed by atoms with E-state index in [2.05, 4.69) is 27.8 Å². The zero-order chi connectivity index (χ0) is 19.2. The van der Waals surface area contributed by atoms with Gasteiger partial charge in [0.15, 0.2) is 0 Å². The Morgan fingerprint density at radius 1 is 1.19 bits per heavy atom. The van der Waals surface area contributed by atoms with Gasteiger partial charge in [0.05, 0.1) is 6.54 Å². The van der Waals surface area contributed by atoms with E-state index in [4.69, 9.17) is 0 Å². The molecule has 3 N–H and O–H groups in total. The Morgan fingerprint density at radius 2 is 1.81 bits per heavy atom. The Balaban J connectivity index is 1.70. The summed E-state index contributed by atoms with van der Waals surface area (Å²) < 4.78 is 12.9. The summed E-state index contributed by atoms with van der Waals surface area (Å²) >= 11 is 0. The van der Waals surface area contributed by atoms with Crippen LogP contribution in [0.1, 0.15) is 40.0 Å². The maximum Gasteiger partial charge on any atom is 0.319 e. The number of hydrogen-bond donors (Lipinski definition) is 3. The molecule has 144 valence electrons. The highest BCUT2D eigenvalue weighted by Crippen LogP contribution is 2.12. The number of urea groups is 1. The van der Waals surface area contributed by atoms with Gasteiger partial charge in [-0.05, 0) is 57.4 Å². The fraction of sp³-hybridized carbons (Fsp3) is 0.579. The Kier molecular flexibility index (Phi) is 6.97. The van der Waals surface area contributed by atoms with Gasteiger partial charge in [-0.1, -0.05) is 6.92 Å². The summed E-state index contributed by atoms with van der Waals surface area (Å²) in [7, 11) is 0. The van der Waals surface area contributed by atoms with Crippen LogP contribution in [-0.2, 0) is 4.79 Å². The maximum atomic E-state index is 12.9. The van der Waals surface area contributed by atoms with Crippen molar-refractivity contribution in [2.75, 3.05) is 25.0 Å². The van der Waals surface area contributed by atoms with Crippen molar-refractivity contribution in [1.29, 1.82) is 0 Å². The quantitative estimate of drug-likeness (QED) is 0.727. The number of carbonyl (C=O) groups excluding carboxylic acids is 2. The van der Waals surface area contributed by atoms with Crippen molar-refractivity contribution in [3.8, 4) is 0 Å². The molecule has 1 saturated heterocycles. The molecule has 0 saturated carbocycles. The van der Waals surface area contributed by atoms with E-state index in [9.17, 15) is 14.0 Å². The zero-order valence-electron chi connectivity index (χ0n) is 15.8. The van der Waals surface area contributed by atoms with Gasteiger partial charge in [0, 0.05) is 30.4 Å². The van der Waals surface area contributed by atoms with E-state index in [0.29, 0.717) is 12.2 Å². The molecular formula is C19H29FN4O2. The lowest BCUT2D eigenvalue weighted by Crippen LogP contribution is -2.51. The number of nitrogens with zero attached hydrogens (tertiary/aromatic N) is 1. The Morgan fingerprint density at radius 3 is 2.38 bits per heavy atom. The summed E-state index contributed by atoms with van der Waals surface area (Å²) in [5.41, 5.74) is 0.367. The third kappa shape index (κ3) is 6.63. The van der Waals surface area contributed by atoms with Gasteiger partial charge >= 0.3 is 6.03 Å². The van der Waals surface area contributed by atoms with Crippen molar-refractivity contribution in [3.05, 3.63) is 30.1 Å². The number of amides is 3. The second-order valence-corrected chi connectivity index (χ2v) is 7.44. The summed E-state index contributed by atoms with van der Waals surface area (Å²) in [5.74, 6) is -0.299.